The second-order valence-corrected chi connectivity index (χ2v) is 15.5. The summed E-state index contributed by atoms with van der Waals surface area (Å²) in [6.45, 7) is 5.56. The van der Waals surface area contributed by atoms with Crippen molar-refractivity contribution in [2.75, 3.05) is 0 Å². The molecule has 2 aliphatic carbocycles. The van der Waals surface area contributed by atoms with Gasteiger partial charge in [-0.15, -0.1) is 10.2 Å². The molecule has 0 bridgehead atoms. The molecule has 0 unspecified atom stereocenters. The number of ether oxygens (including phenoxy) is 1. The van der Waals surface area contributed by atoms with Gasteiger partial charge in [-0.1, -0.05) is 25.7 Å². The largest absolute Gasteiger partial charge is 1.00 e. The molecule has 17 heteroatoms. The Labute approximate surface area is 353 Å². The first-order valence-corrected chi connectivity index (χ1v) is 19.1. The SMILES string of the molecule is CC(C)(C)C(=O)OCn1ccc2c(-c3cnn([C@H](CC#N)C4CCCC4)c3)cnnc21.N#CC[C@H](C1CCCC1)n1cc(-c2cnnc3[nH]ccc23)cn1.[NH-]O.[Na+]. The number of aromatic nitrogens is 10. The molecule has 2 aliphatic rings. The van der Waals surface area contributed by atoms with E-state index in [1.54, 1.807) is 17.0 Å². The van der Waals surface area contributed by atoms with Crippen molar-refractivity contribution in [1.29, 1.82) is 10.5 Å². The van der Waals surface area contributed by atoms with Gasteiger partial charge in [0.15, 0.2) is 18.0 Å². The number of hydrogen-bond donors (Lipinski definition) is 2. The fourth-order valence-corrected chi connectivity index (χ4v) is 7.92. The number of aromatic amines is 1. The number of fused-ring (bicyclic) bond motifs is 2. The summed E-state index contributed by atoms with van der Waals surface area (Å²) in [6, 6.07) is 8.89. The summed E-state index contributed by atoms with van der Waals surface area (Å²) in [5.74, 6) is 5.54. The van der Waals surface area contributed by atoms with Crippen LogP contribution in [0, 0.1) is 39.9 Å². The molecule has 2 atom stereocenters. The van der Waals surface area contributed by atoms with Gasteiger partial charge in [0.05, 0.1) is 67.3 Å². The predicted octanol–water partition coefficient (Wildman–Crippen LogP) is 5.38. The number of hydrogen-bond acceptors (Lipinski definition) is 11. The molecular weight excluding hydrogens is 734 g/mol. The summed E-state index contributed by atoms with van der Waals surface area (Å²) in [5.41, 5.74) is 4.75. The quantitative estimate of drug-likeness (QED) is 0.102. The van der Waals surface area contributed by atoms with E-state index in [-0.39, 0.29) is 54.3 Å². The van der Waals surface area contributed by atoms with Gasteiger partial charge in [0.1, 0.15) is 0 Å². The van der Waals surface area contributed by atoms with Crippen molar-refractivity contribution >= 4 is 28.0 Å². The monoisotopic (exact) mass is 781 g/mol. The number of carbonyl (C=O) groups excluding carboxylic acids is 1. The molecular formula is C40H48N13NaO3. The molecule has 0 aliphatic heterocycles. The summed E-state index contributed by atoms with van der Waals surface area (Å²) < 4.78 is 11.1. The van der Waals surface area contributed by atoms with Crippen LogP contribution in [0.15, 0.2) is 61.7 Å². The maximum Gasteiger partial charge on any atom is 1.00 e. The Morgan fingerprint density at radius 2 is 1.39 bits per heavy atom. The van der Waals surface area contributed by atoms with E-state index < -0.39 is 5.41 Å². The standard InChI is InChI=1S/C23H28N6O2.C17H18N6.H2NO.Na/c1-23(2,3)22(30)31-15-28-11-9-18-19(13-25-27-21(18)28)17-12-26-29(14-17)20(8-10-24)16-6-4-5-7-16;18-7-5-16(12-3-1-2-4-12)23-11-13(9-21-23)15-10-20-22-17-14(15)6-8-19-17;1-2;/h9,11-14,16,20H,4-8,15H2,1-3H3;6,8-12,16H,1-5H2,(H,19,22);1-2H;/q;;-1;+1/t20-;16-;;/m11../s1. The Balaban J connectivity index is 0.000000213. The smallest absolute Gasteiger partial charge is 0.553 e. The van der Waals surface area contributed by atoms with Crippen molar-refractivity contribution in [1.82, 2.24) is 49.5 Å². The number of nitriles is 2. The van der Waals surface area contributed by atoms with Crippen LogP contribution in [0.4, 0.5) is 0 Å². The number of H-pyrrole nitrogens is 1. The van der Waals surface area contributed by atoms with Gasteiger partial charge in [-0.05, 0) is 70.4 Å². The van der Waals surface area contributed by atoms with E-state index in [4.69, 9.17) is 15.8 Å². The Bertz CT molecular complexity index is 2300. The summed E-state index contributed by atoms with van der Waals surface area (Å²) in [5, 5.41) is 52.4. The zero-order valence-electron chi connectivity index (χ0n) is 33.0. The molecule has 0 radical (unpaired) electrons. The van der Waals surface area contributed by atoms with Gasteiger partial charge in [0.25, 0.3) is 0 Å². The van der Waals surface area contributed by atoms with Crippen LogP contribution in [0.3, 0.4) is 0 Å². The predicted molar refractivity (Wildman–Crippen MR) is 208 cm³/mol. The molecule has 16 nitrogen and oxygen atoms in total. The van der Waals surface area contributed by atoms with Gasteiger partial charge >= 0.3 is 35.5 Å². The molecule has 0 saturated heterocycles. The van der Waals surface area contributed by atoms with Crippen LogP contribution >= 0.6 is 0 Å². The zero-order chi connectivity index (χ0) is 39.7. The molecule has 0 aromatic carbocycles. The minimum absolute atomic E-state index is 0. The van der Waals surface area contributed by atoms with E-state index in [1.165, 1.54) is 38.5 Å². The van der Waals surface area contributed by atoms with Crippen molar-refractivity contribution in [2.24, 2.45) is 17.3 Å². The first kappa shape index (κ1) is 43.2. The van der Waals surface area contributed by atoms with Gasteiger partial charge in [0.2, 0.25) is 0 Å². The molecule has 2 fully saturated rings. The number of nitrogens with one attached hydrogen (secondary N) is 2. The number of rotatable bonds is 10. The molecule has 2 saturated carbocycles. The second-order valence-electron chi connectivity index (χ2n) is 15.5. The normalized spacial score (nSPS) is 15.4. The maximum absolute atomic E-state index is 12.1. The maximum atomic E-state index is 12.1. The van der Waals surface area contributed by atoms with E-state index >= 15 is 0 Å². The van der Waals surface area contributed by atoms with Crippen molar-refractivity contribution in [2.45, 2.75) is 104 Å². The average molecular weight is 782 g/mol. The summed E-state index contributed by atoms with van der Waals surface area (Å²) in [4.78, 5) is 15.2. The minimum atomic E-state index is -0.562. The third-order valence-electron chi connectivity index (χ3n) is 10.9. The Kier molecular flexibility index (Phi) is 15.1. The molecule has 8 rings (SSSR count). The molecule has 6 heterocycles. The Hall–Kier alpha value is -4.97. The second kappa shape index (κ2) is 19.9. The number of nitrogens with zero attached hydrogens (tertiary/aromatic N) is 11. The van der Waals surface area contributed by atoms with Crippen molar-refractivity contribution in [3.8, 4) is 34.4 Å². The van der Waals surface area contributed by atoms with E-state index in [0.717, 1.165) is 51.5 Å². The van der Waals surface area contributed by atoms with Gasteiger partial charge in [-0.2, -0.15) is 30.9 Å². The van der Waals surface area contributed by atoms with Gasteiger partial charge in [0, 0.05) is 57.8 Å². The molecule has 292 valence electrons. The third kappa shape index (κ3) is 9.95. The molecule has 6 aromatic heterocycles. The molecule has 0 spiro atoms. The van der Waals surface area contributed by atoms with Crippen LogP contribution in [-0.2, 0) is 16.3 Å². The summed E-state index contributed by atoms with van der Waals surface area (Å²) in [6.07, 6.45) is 25.6. The third-order valence-corrected chi connectivity index (χ3v) is 10.9. The fraction of sp³-hybridized carbons (Fsp3) is 0.475. The van der Waals surface area contributed by atoms with Crippen LogP contribution in [0.1, 0.15) is 97.1 Å². The van der Waals surface area contributed by atoms with Crippen LogP contribution in [0.2, 0.25) is 0 Å². The van der Waals surface area contributed by atoms with Crippen molar-refractivity contribution in [3.05, 3.63) is 67.6 Å². The number of carbonyl (C=O) groups is 1. The molecule has 3 N–H and O–H groups in total. The summed E-state index contributed by atoms with van der Waals surface area (Å²) >= 11 is 0. The molecule has 6 aromatic rings. The first-order valence-electron chi connectivity index (χ1n) is 19.1. The Morgan fingerprint density at radius 1 is 0.860 bits per heavy atom. The van der Waals surface area contributed by atoms with Crippen LogP contribution in [0.5, 0.6) is 0 Å². The van der Waals surface area contributed by atoms with Crippen LogP contribution in [0.25, 0.3) is 50.2 Å². The van der Waals surface area contributed by atoms with Crippen molar-refractivity contribution < 1.29 is 44.3 Å². The van der Waals surface area contributed by atoms with E-state index in [9.17, 15) is 15.3 Å². The van der Waals surface area contributed by atoms with Crippen LogP contribution < -0.4 is 29.6 Å². The Morgan fingerprint density at radius 3 is 1.91 bits per heavy atom. The molecule has 57 heavy (non-hydrogen) atoms. The minimum Gasteiger partial charge on any atom is -0.553 e. The van der Waals surface area contributed by atoms with E-state index in [0.29, 0.717) is 30.3 Å². The number of esters is 1. The average Bonchev–Trinajstić information content (AvgIpc) is 4.07. The fourth-order valence-electron chi connectivity index (χ4n) is 7.92. The van der Waals surface area contributed by atoms with E-state index in [2.05, 4.69) is 47.7 Å². The molecule has 0 amide bonds. The first-order chi connectivity index (χ1) is 27.2. The van der Waals surface area contributed by atoms with Crippen LogP contribution in [-0.4, -0.2) is 60.7 Å². The van der Waals surface area contributed by atoms with Gasteiger partial charge in [-0.25, -0.2) is 0 Å². The van der Waals surface area contributed by atoms with E-state index in [1.807, 2.05) is 79.4 Å². The zero-order valence-corrected chi connectivity index (χ0v) is 35.0. The van der Waals surface area contributed by atoms with Gasteiger partial charge < -0.3 is 20.8 Å². The van der Waals surface area contributed by atoms with Crippen molar-refractivity contribution in [3.63, 3.8) is 0 Å². The topological polar surface area (TPSA) is 226 Å². The summed E-state index contributed by atoms with van der Waals surface area (Å²) in [7, 11) is 0. The van der Waals surface area contributed by atoms with Gasteiger partial charge in [-0.3, -0.25) is 18.7 Å².